The van der Waals surface area contributed by atoms with Gasteiger partial charge >= 0.3 is 0 Å². The van der Waals surface area contributed by atoms with Gasteiger partial charge in [0.05, 0.1) is 18.3 Å². The molecule has 0 spiro atoms. The third-order valence-electron chi connectivity index (χ3n) is 5.00. The van der Waals surface area contributed by atoms with Crippen LogP contribution in [0.25, 0.3) is 5.65 Å². The summed E-state index contributed by atoms with van der Waals surface area (Å²) in [6, 6.07) is 18.4. The van der Waals surface area contributed by atoms with Crippen LogP contribution in [0.2, 0.25) is 0 Å². The lowest BCUT2D eigenvalue weighted by Gasteiger charge is -2.17. The van der Waals surface area contributed by atoms with Crippen molar-refractivity contribution in [3.63, 3.8) is 0 Å². The number of fused-ring (bicyclic) bond motifs is 1. The number of carbonyl (C=O) groups excluding carboxylic acids is 1. The van der Waals surface area contributed by atoms with Gasteiger partial charge < -0.3 is 15.2 Å². The second-order valence-electron chi connectivity index (χ2n) is 7.15. The summed E-state index contributed by atoms with van der Waals surface area (Å²) in [6.45, 7) is 1.77. The minimum atomic E-state index is -0.531. The lowest BCUT2D eigenvalue weighted by molar-refractivity contribution is 0.0909. The molecular formula is C24H22FN3O3. The van der Waals surface area contributed by atoms with E-state index in [0.29, 0.717) is 22.8 Å². The van der Waals surface area contributed by atoms with Gasteiger partial charge in [-0.15, -0.1) is 0 Å². The van der Waals surface area contributed by atoms with Crippen molar-refractivity contribution < 1.29 is 19.0 Å². The van der Waals surface area contributed by atoms with Crippen molar-refractivity contribution >= 4 is 11.6 Å². The van der Waals surface area contributed by atoms with E-state index in [-0.39, 0.29) is 24.9 Å². The first-order valence-corrected chi connectivity index (χ1v) is 9.88. The SMILES string of the molecule is Cc1nc2c(OCc3ccc(F)cc3)cccn2c1C(=O)N[C@@H](CO)c1ccccc1. The number of aliphatic hydroxyl groups is 1. The summed E-state index contributed by atoms with van der Waals surface area (Å²) in [7, 11) is 0. The number of ether oxygens (including phenoxy) is 1. The Balaban J connectivity index is 1.58. The number of amides is 1. The zero-order valence-electron chi connectivity index (χ0n) is 17.0. The fourth-order valence-electron chi connectivity index (χ4n) is 3.43. The molecule has 6 nitrogen and oxygen atoms in total. The lowest BCUT2D eigenvalue weighted by Crippen LogP contribution is -2.32. The van der Waals surface area contributed by atoms with E-state index in [1.165, 1.54) is 12.1 Å². The number of pyridine rings is 1. The molecule has 4 aromatic rings. The van der Waals surface area contributed by atoms with Gasteiger partial charge in [-0.05, 0) is 42.3 Å². The molecule has 1 atom stereocenters. The van der Waals surface area contributed by atoms with Crippen LogP contribution in [0.4, 0.5) is 4.39 Å². The number of nitrogens with zero attached hydrogens (tertiary/aromatic N) is 2. The molecule has 2 aromatic heterocycles. The Hall–Kier alpha value is -3.71. The number of aromatic nitrogens is 2. The molecule has 2 N–H and O–H groups in total. The van der Waals surface area contributed by atoms with Gasteiger partial charge in [-0.2, -0.15) is 0 Å². The summed E-state index contributed by atoms with van der Waals surface area (Å²) in [5.41, 5.74) is 3.05. The maximum absolute atomic E-state index is 13.1. The Kier molecular flexibility index (Phi) is 5.95. The first-order valence-electron chi connectivity index (χ1n) is 9.88. The molecule has 0 aliphatic heterocycles. The Morgan fingerprint density at radius 1 is 1.13 bits per heavy atom. The van der Waals surface area contributed by atoms with Crippen LogP contribution in [0.5, 0.6) is 5.75 Å². The molecule has 0 unspecified atom stereocenters. The number of nitrogens with one attached hydrogen (secondary N) is 1. The monoisotopic (exact) mass is 419 g/mol. The molecule has 1 amide bonds. The molecule has 2 aromatic carbocycles. The van der Waals surface area contributed by atoms with Crippen LogP contribution in [0.1, 0.15) is 33.4 Å². The number of halogens is 1. The minimum absolute atomic E-state index is 0.225. The largest absolute Gasteiger partial charge is 0.485 e. The summed E-state index contributed by atoms with van der Waals surface area (Å²) in [5, 5.41) is 12.6. The van der Waals surface area contributed by atoms with Crippen molar-refractivity contribution in [2.45, 2.75) is 19.6 Å². The number of aliphatic hydroxyl groups excluding tert-OH is 1. The average Bonchev–Trinajstić information content (AvgIpc) is 3.14. The van der Waals surface area contributed by atoms with E-state index in [2.05, 4.69) is 10.3 Å². The van der Waals surface area contributed by atoms with Gasteiger partial charge in [-0.3, -0.25) is 9.20 Å². The average molecular weight is 419 g/mol. The summed E-state index contributed by atoms with van der Waals surface area (Å²) in [6.07, 6.45) is 1.74. The summed E-state index contributed by atoms with van der Waals surface area (Å²) in [5.74, 6) is -0.138. The number of hydrogen-bond acceptors (Lipinski definition) is 4. The Labute approximate surface area is 178 Å². The lowest BCUT2D eigenvalue weighted by atomic mass is 10.1. The van der Waals surface area contributed by atoms with Gasteiger partial charge in [0.2, 0.25) is 0 Å². The zero-order valence-corrected chi connectivity index (χ0v) is 17.0. The molecule has 158 valence electrons. The number of benzene rings is 2. The van der Waals surface area contributed by atoms with E-state index >= 15 is 0 Å². The first-order chi connectivity index (χ1) is 15.1. The Morgan fingerprint density at radius 2 is 1.87 bits per heavy atom. The Morgan fingerprint density at radius 3 is 2.58 bits per heavy atom. The van der Waals surface area contributed by atoms with Gasteiger partial charge in [0.25, 0.3) is 5.91 Å². The molecule has 4 rings (SSSR count). The van der Waals surface area contributed by atoms with Crippen molar-refractivity contribution in [2.24, 2.45) is 0 Å². The molecule has 0 fully saturated rings. The number of imidazole rings is 1. The highest BCUT2D eigenvalue weighted by molar-refractivity contribution is 5.95. The number of rotatable bonds is 7. The highest BCUT2D eigenvalue weighted by atomic mass is 19.1. The highest BCUT2D eigenvalue weighted by Gasteiger charge is 2.22. The van der Waals surface area contributed by atoms with Crippen LogP contribution >= 0.6 is 0 Å². The molecule has 2 heterocycles. The van der Waals surface area contributed by atoms with Crippen LogP contribution in [0.3, 0.4) is 0 Å². The zero-order chi connectivity index (χ0) is 21.8. The van der Waals surface area contributed by atoms with Crippen molar-refractivity contribution in [2.75, 3.05) is 6.61 Å². The van der Waals surface area contributed by atoms with Crippen LogP contribution in [0.15, 0.2) is 72.9 Å². The van der Waals surface area contributed by atoms with Crippen molar-refractivity contribution in [1.29, 1.82) is 0 Å². The summed E-state index contributed by atoms with van der Waals surface area (Å²) in [4.78, 5) is 17.6. The molecule has 0 saturated heterocycles. The smallest absolute Gasteiger partial charge is 0.270 e. The van der Waals surface area contributed by atoms with Crippen molar-refractivity contribution in [1.82, 2.24) is 14.7 Å². The van der Waals surface area contributed by atoms with Crippen LogP contribution in [-0.4, -0.2) is 27.0 Å². The molecule has 0 aliphatic carbocycles. The second kappa shape index (κ2) is 8.97. The van der Waals surface area contributed by atoms with E-state index in [9.17, 15) is 14.3 Å². The highest BCUT2D eigenvalue weighted by Crippen LogP contribution is 2.24. The fraction of sp³-hybridized carbons (Fsp3) is 0.167. The predicted molar refractivity (Wildman–Crippen MR) is 114 cm³/mol. The molecule has 7 heteroatoms. The van der Waals surface area contributed by atoms with Crippen LogP contribution in [0, 0.1) is 12.7 Å². The normalized spacial score (nSPS) is 12.0. The van der Waals surface area contributed by atoms with E-state index in [1.807, 2.05) is 30.3 Å². The van der Waals surface area contributed by atoms with Gasteiger partial charge in [-0.1, -0.05) is 42.5 Å². The minimum Gasteiger partial charge on any atom is -0.485 e. The fourth-order valence-corrected chi connectivity index (χ4v) is 3.43. The molecular weight excluding hydrogens is 397 g/mol. The summed E-state index contributed by atoms with van der Waals surface area (Å²) < 4.78 is 20.7. The molecule has 0 bridgehead atoms. The molecule has 31 heavy (non-hydrogen) atoms. The molecule has 0 radical (unpaired) electrons. The number of hydrogen-bond donors (Lipinski definition) is 2. The third kappa shape index (κ3) is 4.41. The maximum atomic E-state index is 13.1. The predicted octanol–water partition coefficient (Wildman–Crippen LogP) is 3.82. The van der Waals surface area contributed by atoms with Gasteiger partial charge in [0.15, 0.2) is 11.4 Å². The van der Waals surface area contributed by atoms with Crippen molar-refractivity contribution in [3.8, 4) is 5.75 Å². The topological polar surface area (TPSA) is 75.9 Å². The number of aryl methyl sites for hydroxylation is 1. The van der Waals surface area contributed by atoms with Crippen LogP contribution < -0.4 is 10.1 Å². The van der Waals surface area contributed by atoms with Crippen LogP contribution in [-0.2, 0) is 6.61 Å². The van der Waals surface area contributed by atoms with Crippen molar-refractivity contribution in [3.05, 3.63) is 101 Å². The third-order valence-corrected chi connectivity index (χ3v) is 5.00. The molecule has 0 aliphatic rings. The maximum Gasteiger partial charge on any atom is 0.270 e. The molecule has 0 saturated carbocycles. The van der Waals surface area contributed by atoms with E-state index < -0.39 is 6.04 Å². The first kappa shape index (κ1) is 20.6. The second-order valence-corrected chi connectivity index (χ2v) is 7.15. The Bertz CT molecular complexity index is 1190. The quantitative estimate of drug-likeness (QED) is 0.478. The van der Waals surface area contributed by atoms with E-state index in [1.54, 1.807) is 41.8 Å². The van der Waals surface area contributed by atoms with Gasteiger partial charge in [-0.25, -0.2) is 9.37 Å². The van der Waals surface area contributed by atoms with Gasteiger partial charge in [0, 0.05) is 6.20 Å². The van der Waals surface area contributed by atoms with Gasteiger partial charge in [0.1, 0.15) is 18.1 Å². The van der Waals surface area contributed by atoms with E-state index in [4.69, 9.17) is 4.74 Å². The van der Waals surface area contributed by atoms with E-state index in [0.717, 1.165) is 11.1 Å². The number of carbonyl (C=O) groups is 1. The standard InChI is InChI=1S/C24H22FN3O3/c1-16-22(24(30)27-20(14-29)18-6-3-2-4-7-18)28-13-5-8-21(23(28)26-16)31-15-17-9-11-19(25)12-10-17/h2-13,20,29H,14-15H2,1H3,(H,27,30)/t20-/m0/s1. The summed E-state index contributed by atoms with van der Waals surface area (Å²) >= 11 is 0.